The molecule has 0 amide bonds. The highest BCUT2D eigenvalue weighted by molar-refractivity contribution is 6.32. The Labute approximate surface area is 91.5 Å². The Bertz CT molecular complexity index is 443. The van der Waals surface area contributed by atoms with Crippen molar-refractivity contribution < 1.29 is 14.6 Å². The Kier molecular flexibility index (Phi) is 1.65. The highest BCUT2D eigenvalue weighted by atomic mass is 35.5. The third kappa shape index (κ3) is 1.18. The molecule has 0 spiro atoms. The van der Waals surface area contributed by atoms with E-state index in [9.17, 15) is 5.11 Å². The lowest BCUT2D eigenvalue weighted by Gasteiger charge is -2.15. The largest absolute Gasteiger partial charge is 0.506 e. The van der Waals surface area contributed by atoms with Crippen molar-refractivity contribution in [2.24, 2.45) is 5.73 Å². The minimum absolute atomic E-state index is 0.0147. The number of phenols is 1. The van der Waals surface area contributed by atoms with Crippen LogP contribution in [0.1, 0.15) is 18.4 Å². The molecular weight excluding hydrogens is 218 g/mol. The van der Waals surface area contributed by atoms with E-state index in [2.05, 4.69) is 0 Å². The van der Waals surface area contributed by atoms with E-state index < -0.39 is 5.54 Å². The molecule has 4 nitrogen and oxygen atoms in total. The van der Waals surface area contributed by atoms with Crippen LogP contribution < -0.4 is 15.2 Å². The second kappa shape index (κ2) is 2.71. The van der Waals surface area contributed by atoms with Crippen molar-refractivity contribution in [3.8, 4) is 17.2 Å². The number of hydrogen-bond donors (Lipinski definition) is 2. The summed E-state index contributed by atoms with van der Waals surface area (Å²) >= 11 is 5.89. The van der Waals surface area contributed by atoms with E-state index in [-0.39, 0.29) is 17.6 Å². The zero-order valence-electron chi connectivity index (χ0n) is 7.92. The number of ether oxygens (including phenoxy) is 2. The lowest BCUT2D eigenvalue weighted by atomic mass is 10.0. The first kappa shape index (κ1) is 9.12. The maximum Gasteiger partial charge on any atom is 0.231 e. The molecule has 0 bridgehead atoms. The van der Waals surface area contributed by atoms with Crippen LogP contribution in [0, 0.1) is 0 Å². The lowest BCUT2D eigenvalue weighted by molar-refractivity contribution is 0.172. The molecule has 1 aromatic rings. The molecule has 1 saturated carbocycles. The van der Waals surface area contributed by atoms with Gasteiger partial charge < -0.3 is 20.3 Å². The van der Waals surface area contributed by atoms with Crippen LogP contribution in [0.15, 0.2) is 6.07 Å². The molecule has 1 fully saturated rings. The van der Waals surface area contributed by atoms with Crippen LogP contribution in [0.4, 0.5) is 0 Å². The van der Waals surface area contributed by atoms with Crippen LogP contribution in [0.5, 0.6) is 17.2 Å². The second-order valence-electron chi connectivity index (χ2n) is 3.97. The molecular formula is C10H10ClNO3. The van der Waals surface area contributed by atoms with Crippen molar-refractivity contribution in [2.75, 3.05) is 6.79 Å². The number of aromatic hydroxyl groups is 1. The van der Waals surface area contributed by atoms with Gasteiger partial charge in [-0.15, -0.1) is 0 Å². The van der Waals surface area contributed by atoms with Crippen molar-refractivity contribution in [1.82, 2.24) is 0 Å². The number of phenolic OH excluding ortho intramolecular Hbond substituents is 1. The molecule has 2 aliphatic rings. The van der Waals surface area contributed by atoms with Gasteiger partial charge in [0.25, 0.3) is 0 Å². The van der Waals surface area contributed by atoms with E-state index in [0.29, 0.717) is 17.1 Å². The van der Waals surface area contributed by atoms with Gasteiger partial charge >= 0.3 is 0 Å². The summed E-state index contributed by atoms with van der Waals surface area (Å²) in [6, 6.07) is 1.55. The molecule has 0 unspecified atom stereocenters. The van der Waals surface area contributed by atoms with Crippen LogP contribution >= 0.6 is 11.6 Å². The summed E-state index contributed by atoms with van der Waals surface area (Å²) in [5, 5.41) is 10.1. The van der Waals surface area contributed by atoms with Gasteiger partial charge in [-0.2, -0.15) is 0 Å². The SMILES string of the molecule is NC1(c2c(O)c(Cl)cc3c2OCO3)CC1. The van der Waals surface area contributed by atoms with Crippen LogP contribution in [0.25, 0.3) is 0 Å². The minimum Gasteiger partial charge on any atom is -0.506 e. The highest BCUT2D eigenvalue weighted by Crippen LogP contribution is 2.56. The molecule has 1 heterocycles. The molecule has 1 aromatic carbocycles. The summed E-state index contributed by atoms with van der Waals surface area (Å²) in [5.41, 5.74) is 6.15. The van der Waals surface area contributed by atoms with Crippen LogP contribution in [0.3, 0.4) is 0 Å². The number of hydrogen-bond acceptors (Lipinski definition) is 4. The zero-order chi connectivity index (χ0) is 10.6. The van der Waals surface area contributed by atoms with E-state index in [1.54, 1.807) is 6.07 Å². The normalized spacial score (nSPS) is 20.4. The molecule has 3 rings (SSSR count). The number of nitrogens with two attached hydrogens (primary N) is 1. The Morgan fingerprint density at radius 1 is 1.40 bits per heavy atom. The standard InChI is InChI=1S/C10H10ClNO3/c11-5-3-6-9(15-4-14-6)7(8(5)13)10(12)1-2-10/h3,13H,1-2,4,12H2. The van der Waals surface area contributed by atoms with E-state index in [1.807, 2.05) is 0 Å². The molecule has 0 saturated heterocycles. The highest BCUT2D eigenvalue weighted by Gasteiger charge is 2.46. The first-order valence-corrected chi connectivity index (χ1v) is 5.10. The smallest absolute Gasteiger partial charge is 0.231 e. The molecule has 0 atom stereocenters. The molecule has 5 heteroatoms. The summed E-state index contributed by atoms with van der Waals surface area (Å²) in [5.74, 6) is 1.11. The first-order chi connectivity index (χ1) is 7.12. The number of rotatable bonds is 1. The van der Waals surface area contributed by atoms with Gasteiger partial charge in [0.1, 0.15) is 5.75 Å². The predicted molar refractivity (Wildman–Crippen MR) is 54.3 cm³/mol. The maximum absolute atomic E-state index is 9.89. The molecule has 80 valence electrons. The van der Waals surface area contributed by atoms with Crippen molar-refractivity contribution >= 4 is 11.6 Å². The van der Waals surface area contributed by atoms with Gasteiger partial charge in [0.05, 0.1) is 10.6 Å². The summed E-state index contributed by atoms with van der Waals surface area (Å²) in [4.78, 5) is 0. The van der Waals surface area contributed by atoms with Gasteiger partial charge in [-0.25, -0.2) is 0 Å². The van der Waals surface area contributed by atoms with E-state index in [1.165, 1.54) is 0 Å². The third-order valence-corrected chi connectivity index (χ3v) is 3.16. The summed E-state index contributed by atoms with van der Waals surface area (Å²) < 4.78 is 10.5. The van der Waals surface area contributed by atoms with Crippen molar-refractivity contribution in [3.63, 3.8) is 0 Å². The second-order valence-corrected chi connectivity index (χ2v) is 4.38. The molecule has 1 aliphatic heterocycles. The number of fused-ring (bicyclic) bond motifs is 1. The van der Waals surface area contributed by atoms with Gasteiger partial charge in [0.2, 0.25) is 6.79 Å². The van der Waals surface area contributed by atoms with E-state index >= 15 is 0 Å². The number of halogens is 1. The predicted octanol–water partition coefficient (Wildman–Crippen LogP) is 1.72. The topological polar surface area (TPSA) is 64.7 Å². The molecule has 1 aliphatic carbocycles. The van der Waals surface area contributed by atoms with Gasteiger partial charge in [-0.1, -0.05) is 11.6 Å². The summed E-state index contributed by atoms with van der Waals surface area (Å²) in [6.07, 6.45) is 1.66. The van der Waals surface area contributed by atoms with Crippen LogP contribution in [-0.2, 0) is 5.54 Å². The monoisotopic (exact) mass is 227 g/mol. The van der Waals surface area contributed by atoms with Gasteiger partial charge in [-0.3, -0.25) is 0 Å². The molecule has 3 N–H and O–H groups in total. The first-order valence-electron chi connectivity index (χ1n) is 4.72. The van der Waals surface area contributed by atoms with E-state index in [0.717, 1.165) is 12.8 Å². The average molecular weight is 228 g/mol. The summed E-state index contributed by atoms with van der Waals surface area (Å²) in [7, 11) is 0. The minimum atomic E-state index is -0.493. The quantitative estimate of drug-likeness (QED) is 0.767. The fraction of sp³-hybridized carbons (Fsp3) is 0.400. The van der Waals surface area contributed by atoms with Gasteiger partial charge in [0, 0.05) is 11.6 Å². The Balaban J connectivity index is 2.26. The lowest BCUT2D eigenvalue weighted by Crippen LogP contribution is -2.19. The van der Waals surface area contributed by atoms with Crippen molar-refractivity contribution in [3.05, 3.63) is 16.7 Å². The van der Waals surface area contributed by atoms with Crippen molar-refractivity contribution in [1.29, 1.82) is 0 Å². The van der Waals surface area contributed by atoms with Crippen molar-refractivity contribution in [2.45, 2.75) is 18.4 Å². The zero-order valence-corrected chi connectivity index (χ0v) is 8.67. The number of benzene rings is 1. The van der Waals surface area contributed by atoms with Crippen LogP contribution in [-0.4, -0.2) is 11.9 Å². The van der Waals surface area contributed by atoms with Gasteiger partial charge in [-0.05, 0) is 12.8 Å². The Morgan fingerprint density at radius 3 is 2.80 bits per heavy atom. The van der Waals surface area contributed by atoms with Gasteiger partial charge in [0.15, 0.2) is 11.5 Å². The third-order valence-electron chi connectivity index (χ3n) is 2.88. The Hall–Kier alpha value is -1.13. The molecule has 0 radical (unpaired) electrons. The Morgan fingerprint density at radius 2 is 2.13 bits per heavy atom. The fourth-order valence-electron chi connectivity index (χ4n) is 1.85. The molecule has 0 aromatic heterocycles. The summed E-state index contributed by atoms with van der Waals surface area (Å²) in [6.45, 7) is 0.151. The average Bonchev–Trinajstić information content (AvgIpc) is 2.76. The van der Waals surface area contributed by atoms with E-state index in [4.69, 9.17) is 26.8 Å². The fourth-order valence-corrected chi connectivity index (χ4v) is 2.04. The maximum atomic E-state index is 9.89. The van der Waals surface area contributed by atoms with Crippen LogP contribution in [0.2, 0.25) is 5.02 Å². The molecule has 15 heavy (non-hydrogen) atoms.